The van der Waals surface area contributed by atoms with E-state index in [4.69, 9.17) is 15.2 Å². The van der Waals surface area contributed by atoms with Crippen LogP contribution in [0.25, 0.3) is 17.2 Å². The van der Waals surface area contributed by atoms with Crippen molar-refractivity contribution in [3.05, 3.63) is 88.5 Å². The minimum atomic E-state index is -2.85. The number of allylic oxidation sites excluding steroid dienone is 3. The van der Waals surface area contributed by atoms with E-state index in [2.05, 4.69) is 33.7 Å². The van der Waals surface area contributed by atoms with Crippen molar-refractivity contribution in [1.82, 2.24) is 9.97 Å². The van der Waals surface area contributed by atoms with Crippen molar-refractivity contribution in [3.8, 4) is 11.8 Å². The topological polar surface area (TPSA) is 74.4 Å². The van der Waals surface area contributed by atoms with Crippen LogP contribution in [0.4, 0.5) is 14.6 Å². The summed E-state index contributed by atoms with van der Waals surface area (Å²) < 4.78 is 30.1. The molecule has 3 heterocycles. The van der Waals surface area contributed by atoms with Gasteiger partial charge in [0.25, 0.3) is 0 Å². The van der Waals surface area contributed by atoms with Gasteiger partial charge in [0, 0.05) is 48.3 Å². The molecule has 1 aromatic heterocycles. The van der Waals surface area contributed by atoms with Crippen molar-refractivity contribution in [1.29, 1.82) is 5.26 Å². The SMILES string of the molecule is CC1=C(c2cccc(OC(F)F)c2)CC(C2(C)CCN(c3ncnc4c3C=C(c3ccc(C#N)cc3)C4)CC2)=N1. The number of nitriles is 1. The molecular weight excluding hydrogens is 508 g/mol. The Labute approximate surface area is 232 Å². The highest BCUT2D eigenvalue weighted by atomic mass is 19.3. The molecule has 202 valence electrons. The third-order valence-electron chi connectivity index (χ3n) is 8.36. The molecule has 0 spiro atoms. The Balaban J connectivity index is 1.15. The highest BCUT2D eigenvalue weighted by Crippen LogP contribution is 2.43. The van der Waals surface area contributed by atoms with E-state index in [9.17, 15) is 8.78 Å². The summed E-state index contributed by atoms with van der Waals surface area (Å²) in [6.45, 7) is 3.13. The second-order valence-electron chi connectivity index (χ2n) is 10.8. The molecule has 3 aliphatic rings. The Kier molecular flexibility index (Phi) is 6.67. The minimum absolute atomic E-state index is 0.0592. The largest absolute Gasteiger partial charge is 0.435 e. The van der Waals surface area contributed by atoms with E-state index in [1.165, 1.54) is 5.57 Å². The standard InChI is InChI=1S/C32H29F2N5O/c1-20-26(23-4-3-5-25(14-23)40-31(33)34)17-29(38-20)32(2)10-12-39(13-11-32)30-27-15-24(16-28(27)36-19-37-30)22-8-6-21(18-35)7-9-22/h3-9,14-15,19,31H,10-13,16-17H2,1-2H3. The molecular formula is C32H29F2N5O. The molecule has 0 atom stereocenters. The fraction of sp³-hybridized carbons (Fsp3) is 0.312. The first-order valence-electron chi connectivity index (χ1n) is 13.5. The van der Waals surface area contributed by atoms with Crippen LogP contribution in [0, 0.1) is 16.7 Å². The van der Waals surface area contributed by atoms with Crippen LogP contribution >= 0.6 is 0 Å². The van der Waals surface area contributed by atoms with Crippen molar-refractivity contribution in [3.63, 3.8) is 0 Å². The molecule has 1 fully saturated rings. The number of hydrogen-bond donors (Lipinski definition) is 0. The number of aromatic nitrogens is 2. The number of rotatable bonds is 6. The Hall–Kier alpha value is -4.38. The van der Waals surface area contributed by atoms with Crippen LogP contribution in [0.1, 0.15) is 61.1 Å². The molecule has 1 saturated heterocycles. The maximum absolute atomic E-state index is 12.7. The van der Waals surface area contributed by atoms with E-state index in [1.807, 2.05) is 37.3 Å². The molecule has 0 unspecified atom stereocenters. The zero-order valence-electron chi connectivity index (χ0n) is 22.5. The van der Waals surface area contributed by atoms with E-state index in [-0.39, 0.29) is 11.2 Å². The minimum Gasteiger partial charge on any atom is -0.435 e. The van der Waals surface area contributed by atoms with Crippen molar-refractivity contribution in [2.75, 3.05) is 18.0 Å². The fourth-order valence-corrected chi connectivity index (χ4v) is 5.94. The second-order valence-corrected chi connectivity index (χ2v) is 10.8. The number of piperidine rings is 1. The van der Waals surface area contributed by atoms with Crippen LogP contribution in [0.5, 0.6) is 5.75 Å². The molecule has 0 saturated carbocycles. The number of benzene rings is 2. The van der Waals surface area contributed by atoms with Gasteiger partial charge in [-0.3, -0.25) is 4.99 Å². The molecule has 0 N–H and O–H groups in total. The fourth-order valence-electron chi connectivity index (χ4n) is 5.94. The Morgan fingerprint density at radius 3 is 2.52 bits per heavy atom. The summed E-state index contributed by atoms with van der Waals surface area (Å²) in [6, 6.07) is 16.7. The average Bonchev–Trinajstić information content (AvgIpc) is 3.58. The first-order valence-corrected chi connectivity index (χ1v) is 13.5. The van der Waals surface area contributed by atoms with Crippen LogP contribution in [0.15, 0.2) is 65.5 Å². The quantitative estimate of drug-likeness (QED) is 0.341. The average molecular weight is 538 g/mol. The number of alkyl halides is 2. The summed E-state index contributed by atoms with van der Waals surface area (Å²) in [5.41, 5.74) is 8.99. The van der Waals surface area contributed by atoms with E-state index in [0.717, 1.165) is 77.5 Å². The van der Waals surface area contributed by atoms with E-state index in [1.54, 1.807) is 24.5 Å². The Bertz CT molecular complexity index is 1590. The van der Waals surface area contributed by atoms with Crippen molar-refractivity contribution in [2.24, 2.45) is 10.4 Å². The Morgan fingerprint density at radius 2 is 1.80 bits per heavy atom. The van der Waals surface area contributed by atoms with Gasteiger partial charge < -0.3 is 9.64 Å². The summed E-state index contributed by atoms with van der Waals surface area (Å²) in [5, 5.41) is 9.11. The van der Waals surface area contributed by atoms with Gasteiger partial charge in [-0.2, -0.15) is 14.0 Å². The van der Waals surface area contributed by atoms with Crippen LogP contribution < -0.4 is 9.64 Å². The van der Waals surface area contributed by atoms with E-state index in [0.29, 0.717) is 12.0 Å². The van der Waals surface area contributed by atoms with Crippen LogP contribution in [0.3, 0.4) is 0 Å². The van der Waals surface area contributed by atoms with Gasteiger partial charge in [-0.25, -0.2) is 9.97 Å². The highest BCUT2D eigenvalue weighted by Gasteiger charge is 2.38. The zero-order valence-corrected chi connectivity index (χ0v) is 22.5. The number of halogens is 2. The molecule has 0 amide bonds. The number of fused-ring (bicyclic) bond motifs is 1. The number of nitrogens with zero attached hydrogens (tertiary/aromatic N) is 5. The van der Waals surface area contributed by atoms with E-state index < -0.39 is 6.61 Å². The lowest BCUT2D eigenvalue weighted by Gasteiger charge is -2.40. The number of anilines is 1. The first kappa shape index (κ1) is 25.9. The molecule has 2 aliphatic heterocycles. The van der Waals surface area contributed by atoms with Gasteiger partial charge >= 0.3 is 6.61 Å². The zero-order chi connectivity index (χ0) is 27.9. The highest BCUT2D eigenvalue weighted by molar-refractivity contribution is 6.03. The van der Waals surface area contributed by atoms with Crippen molar-refractivity contribution < 1.29 is 13.5 Å². The summed E-state index contributed by atoms with van der Waals surface area (Å²) in [4.78, 5) is 16.6. The first-order chi connectivity index (χ1) is 19.3. The maximum atomic E-state index is 12.7. The van der Waals surface area contributed by atoms with Crippen LogP contribution in [-0.2, 0) is 6.42 Å². The van der Waals surface area contributed by atoms with E-state index >= 15 is 0 Å². The lowest BCUT2D eigenvalue weighted by Crippen LogP contribution is -2.43. The normalized spacial score (nSPS) is 17.9. The summed E-state index contributed by atoms with van der Waals surface area (Å²) >= 11 is 0. The monoisotopic (exact) mass is 537 g/mol. The van der Waals surface area contributed by atoms with Gasteiger partial charge in [0.2, 0.25) is 0 Å². The van der Waals surface area contributed by atoms with Gasteiger partial charge in [-0.05, 0) is 72.4 Å². The van der Waals surface area contributed by atoms with Gasteiger partial charge in [0.1, 0.15) is 17.9 Å². The summed E-state index contributed by atoms with van der Waals surface area (Å²) in [7, 11) is 0. The molecule has 0 radical (unpaired) electrons. The molecule has 8 heteroatoms. The number of ether oxygens (including phenoxy) is 1. The summed E-state index contributed by atoms with van der Waals surface area (Å²) in [6.07, 6.45) is 7.17. The van der Waals surface area contributed by atoms with Crippen molar-refractivity contribution >= 4 is 28.8 Å². The van der Waals surface area contributed by atoms with Crippen LogP contribution in [0.2, 0.25) is 0 Å². The number of aliphatic imine (C=N–C) groups is 1. The predicted octanol–water partition coefficient (Wildman–Crippen LogP) is 6.93. The van der Waals surface area contributed by atoms with Gasteiger partial charge in [-0.1, -0.05) is 31.2 Å². The maximum Gasteiger partial charge on any atom is 0.387 e. The molecule has 1 aliphatic carbocycles. The molecule has 6 nitrogen and oxygen atoms in total. The lowest BCUT2D eigenvalue weighted by molar-refractivity contribution is -0.0498. The third kappa shape index (κ3) is 4.88. The Morgan fingerprint density at radius 1 is 1.02 bits per heavy atom. The summed E-state index contributed by atoms with van der Waals surface area (Å²) in [5.74, 6) is 1.13. The molecule has 40 heavy (non-hydrogen) atoms. The molecule has 0 bridgehead atoms. The second kappa shape index (κ2) is 10.3. The smallest absolute Gasteiger partial charge is 0.387 e. The van der Waals surface area contributed by atoms with Gasteiger partial charge in [0.05, 0.1) is 17.3 Å². The predicted molar refractivity (Wildman–Crippen MR) is 152 cm³/mol. The molecule has 3 aromatic rings. The van der Waals surface area contributed by atoms with Gasteiger partial charge in [-0.15, -0.1) is 0 Å². The third-order valence-corrected chi connectivity index (χ3v) is 8.36. The molecule has 6 rings (SSSR count). The van der Waals surface area contributed by atoms with Gasteiger partial charge in [0.15, 0.2) is 0 Å². The number of hydrogen-bond acceptors (Lipinski definition) is 6. The lowest BCUT2D eigenvalue weighted by atomic mass is 9.74. The van der Waals surface area contributed by atoms with Crippen molar-refractivity contribution in [2.45, 2.75) is 46.1 Å². The van der Waals surface area contributed by atoms with Crippen LogP contribution in [-0.4, -0.2) is 35.4 Å². The molecule has 2 aromatic carbocycles.